The van der Waals surface area contributed by atoms with Crippen LogP contribution in [0.1, 0.15) is 57.4 Å². The average Bonchev–Trinajstić information content (AvgIpc) is 2.76. The summed E-state index contributed by atoms with van der Waals surface area (Å²) in [6.45, 7) is 9.54. The Morgan fingerprint density at radius 3 is 2.53 bits per heavy atom. The molecular weight excluding hydrogens is 497 g/mol. The van der Waals surface area contributed by atoms with E-state index < -0.39 is 17.7 Å². The van der Waals surface area contributed by atoms with Crippen LogP contribution < -0.4 is 10.1 Å². The molecule has 3 aromatic rings. The van der Waals surface area contributed by atoms with Gasteiger partial charge in [0.15, 0.2) is 0 Å². The van der Waals surface area contributed by atoms with Gasteiger partial charge in [-0.3, -0.25) is 0 Å². The summed E-state index contributed by atoms with van der Waals surface area (Å²) in [6.07, 6.45) is 0.298. The van der Waals surface area contributed by atoms with Crippen molar-refractivity contribution < 1.29 is 18.7 Å². The fourth-order valence-electron chi connectivity index (χ4n) is 3.66. The van der Waals surface area contributed by atoms with Gasteiger partial charge >= 0.3 is 6.09 Å². The zero-order chi connectivity index (χ0) is 24.9. The second-order valence-electron chi connectivity index (χ2n) is 9.17. The SMILES string of the molecule is CCc1ccccc1OCc1cc(Br)cc(-c2cccc(C(C)NC(=O)OC(C)(C)C)c2F)c1. The minimum absolute atomic E-state index is 0.362. The number of carbonyl (C=O) groups is 1. The van der Waals surface area contributed by atoms with E-state index in [1.54, 1.807) is 45.9 Å². The van der Waals surface area contributed by atoms with Crippen LogP contribution in [-0.4, -0.2) is 11.7 Å². The molecule has 0 aliphatic heterocycles. The quantitative estimate of drug-likeness (QED) is 0.338. The third-order valence-electron chi connectivity index (χ3n) is 5.24. The van der Waals surface area contributed by atoms with Gasteiger partial charge in [0, 0.05) is 15.6 Å². The predicted molar refractivity (Wildman–Crippen MR) is 137 cm³/mol. The molecule has 0 fully saturated rings. The van der Waals surface area contributed by atoms with Crippen LogP contribution in [0.25, 0.3) is 11.1 Å². The van der Waals surface area contributed by atoms with Crippen molar-refractivity contribution in [2.24, 2.45) is 0 Å². The van der Waals surface area contributed by atoms with Gasteiger partial charge in [0.2, 0.25) is 0 Å². The van der Waals surface area contributed by atoms with Crippen LogP contribution in [0.4, 0.5) is 9.18 Å². The van der Waals surface area contributed by atoms with Crippen LogP contribution in [0.15, 0.2) is 65.1 Å². The summed E-state index contributed by atoms with van der Waals surface area (Å²) in [4.78, 5) is 12.2. The van der Waals surface area contributed by atoms with E-state index in [0.717, 1.165) is 33.3 Å². The van der Waals surface area contributed by atoms with E-state index in [2.05, 4.69) is 34.2 Å². The van der Waals surface area contributed by atoms with Crippen molar-refractivity contribution in [3.63, 3.8) is 0 Å². The molecule has 1 atom stereocenters. The molecule has 1 N–H and O–H groups in total. The van der Waals surface area contributed by atoms with Crippen LogP contribution in [0, 0.1) is 5.82 Å². The molecule has 1 unspecified atom stereocenters. The highest BCUT2D eigenvalue weighted by Gasteiger charge is 2.21. The number of aryl methyl sites for hydroxylation is 1. The standard InChI is InChI=1S/C28H31BrFNO3/c1-6-20-10-7-8-13-25(20)33-17-19-14-21(16-22(29)15-19)24-12-9-11-23(26(24)30)18(2)31-27(32)34-28(3,4)5/h7-16,18H,6,17H2,1-5H3,(H,31,32). The Labute approximate surface area is 209 Å². The van der Waals surface area contributed by atoms with Gasteiger partial charge in [-0.15, -0.1) is 0 Å². The number of para-hydroxylation sites is 1. The van der Waals surface area contributed by atoms with Crippen LogP contribution in [0.5, 0.6) is 5.75 Å². The Hall–Kier alpha value is -2.86. The van der Waals surface area contributed by atoms with Crippen LogP contribution in [0.2, 0.25) is 0 Å². The van der Waals surface area contributed by atoms with Gasteiger partial charge in [0.1, 0.15) is 23.8 Å². The molecule has 0 aliphatic rings. The Bertz CT molecular complexity index is 1160. The minimum Gasteiger partial charge on any atom is -0.489 e. The summed E-state index contributed by atoms with van der Waals surface area (Å²) in [5.74, 6) is 0.467. The number of nitrogens with one attached hydrogen (secondary N) is 1. The van der Waals surface area contributed by atoms with Gasteiger partial charge in [0.05, 0.1) is 6.04 Å². The molecule has 0 heterocycles. The van der Waals surface area contributed by atoms with Crippen LogP contribution in [-0.2, 0) is 17.8 Å². The number of hydrogen-bond donors (Lipinski definition) is 1. The molecule has 0 aromatic heterocycles. The fraction of sp³-hybridized carbons (Fsp3) is 0.321. The Kier molecular flexibility index (Phi) is 8.37. The lowest BCUT2D eigenvalue weighted by Crippen LogP contribution is -2.34. The number of hydrogen-bond acceptors (Lipinski definition) is 3. The van der Waals surface area contributed by atoms with E-state index in [0.29, 0.717) is 17.7 Å². The summed E-state index contributed by atoms with van der Waals surface area (Å²) in [5, 5.41) is 2.71. The normalized spacial score (nSPS) is 12.2. The van der Waals surface area contributed by atoms with Gasteiger partial charge in [-0.1, -0.05) is 59.3 Å². The summed E-state index contributed by atoms with van der Waals surface area (Å²) < 4.78 is 27.8. The first-order valence-electron chi connectivity index (χ1n) is 11.4. The largest absolute Gasteiger partial charge is 0.489 e. The van der Waals surface area contributed by atoms with Crippen molar-refractivity contribution in [1.82, 2.24) is 5.32 Å². The van der Waals surface area contributed by atoms with E-state index >= 15 is 4.39 Å². The molecule has 3 aromatic carbocycles. The first kappa shape index (κ1) is 25.8. The Morgan fingerprint density at radius 1 is 1.09 bits per heavy atom. The number of amides is 1. The highest BCUT2D eigenvalue weighted by Crippen LogP contribution is 2.31. The highest BCUT2D eigenvalue weighted by molar-refractivity contribution is 9.10. The number of carbonyl (C=O) groups excluding carboxylic acids is 1. The Balaban J connectivity index is 1.83. The molecule has 0 saturated carbocycles. The maximum Gasteiger partial charge on any atom is 0.408 e. The monoisotopic (exact) mass is 527 g/mol. The smallest absolute Gasteiger partial charge is 0.408 e. The molecule has 1 amide bonds. The lowest BCUT2D eigenvalue weighted by atomic mass is 9.98. The van der Waals surface area contributed by atoms with Gasteiger partial charge < -0.3 is 14.8 Å². The molecular formula is C28H31BrFNO3. The van der Waals surface area contributed by atoms with Gasteiger partial charge in [-0.25, -0.2) is 9.18 Å². The lowest BCUT2D eigenvalue weighted by Gasteiger charge is -2.22. The summed E-state index contributed by atoms with van der Waals surface area (Å²) >= 11 is 3.55. The van der Waals surface area contributed by atoms with Crippen molar-refractivity contribution in [2.45, 2.75) is 59.3 Å². The highest BCUT2D eigenvalue weighted by atomic mass is 79.9. The molecule has 0 saturated heterocycles. The molecule has 180 valence electrons. The molecule has 6 heteroatoms. The molecule has 4 nitrogen and oxygen atoms in total. The van der Waals surface area contributed by atoms with Crippen LogP contribution >= 0.6 is 15.9 Å². The second-order valence-corrected chi connectivity index (χ2v) is 10.1. The van der Waals surface area contributed by atoms with E-state index in [9.17, 15) is 4.79 Å². The van der Waals surface area contributed by atoms with Crippen molar-refractivity contribution in [3.05, 3.63) is 87.6 Å². The maximum atomic E-state index is 15.6. The number of benzene rings is 3. The van der Waals surface area contributed by atoms with E-state index in [-0.39, 0.29) is 5.82 Å². The van der Waals surface area contributed by atoms with Crippen molar-refractivity contribution in [1.29, 1.82) is 0 Å². The van der Waals surface area contributed by atoms with E-state index in [4.69, 9.17) is 9.47 Å². The molecule has 0 bridgehead atoms. The molecule has 0 radical (unpaired) electrons. The van der Waals surface area contributed by atoms with Crippen molar-refractivity contribution in [2.75, 3.05) is 0 Å². The first-order valence-corrected chi connectivity index (χ1v) is 12.1. The number of alkyl carbamates (subject to hydrolysis) is 1. The van der Waals surface area contributed by atoms with E-state index in [1.807, 2.05) is 36.4 Å². The minimum atomic E-state index is -0.628. The number of ether oxygens (including phenoxy) is 2. The molecule has 0 aliphatic carbocycles. The van der Waals surface area contributed by atoms with Gasteiger partial charge in [0.25, 0.3) is 0 Å². The Morgan fingerprint density at radius 2 is 1.82 bits per heavy atom. The molecule has 0 spiro atoms. The summed E-state index contributed by atoms with van der Waals surface area (Å²) in [7, 11) is 0. The van der Waals surface area contributed by atoms with Crippen molar-refractivity contribution >= 4 is 22.0 Å². The first-order chi connectivity index (χ1) is 16.1. The van der Waals surface area contributed by atoms with E-state index in [1.165, 1.54) is 0 Å². The maximum absolute atomic E-state index is 15.6. The third kappa shape index (κ3) is 6.83. The third-order valence-corrected chi connectivity index (χ3v) is 5.70. The summed E-state index contributed by atoms with van der Waals surface area (Å²) in [6, 6.07) is 18.4. The van der Waals surface area contributed by atoms with Gasteiger partial charge in [-0.05, 0) is 75.1 Å². The lowest BCUT2D eigenvalue weighted by molar-refractivity contribution is 0.0507. The van der Waals surface area contributed by atoms with Gasteiger partial charge in [-0.2, -0.15) is 0 Å². The predicted octanol–water partition coefficient (Wildman–Crippen LogP) is 7.98. The van der Waals surface area contributed by atoms with Crippen LogP contribution in [0.3, 0.4) is 0 Å². The summed E-state index contributed by atoms with van der Waals surface area (Å²) in [5.41, 5.74) is 2.99. The zero-order valence-corrected chi connectivity index (χ0v) is 21.8. The number of rotatable bonds is 7. The molecule has 3 rings (SSSR count). The van der Waals surface area contributed by atoms with Crippen molar-refractivity contribution in [3.8, 4) is 16.9 Å². The second kappa shape index (κ2) is 11.0. The zero-order valence-electron chi connectivity index (χ0n) is 20.2. The molecule has 34 heavy (non-hydrogen) atoms. The average molecular weight is 528 g/mol. The topological polar surface area (TPSA) is 47.6 Å². The fourth-order valence-corrected chi connectivity index (χ4v) is 4.20. The number of halogens is 2.